The second kappa shape index (κ2) is 5.05. The Hall–Kier alpha value is -0.0900. The van der Waals surface area contributed by atoms with Crippen LogP contribution < -0.4 is 5.32 Å². The molecule has 0 aromatic carbocycles. The number of nitrogens with one attached hydrogen (secondary N) is 1. The number of phosphoric ester groups is 1. The minimum absolute atomic E-state index is 0.619. The Morgan fingerprint density at radius 2 is 1.62 bits per heavy atom. The van der Waals surface area contributed by atoms with Crippen molar-refractivity contribution >= 4 is 7.82 Å². The van der Waals surface area contributed by atoms with E-state index in [1.54, 1.807) is 0 Å². The predicted octanol–water partition coefficient (Wildman–Crippen LogP) is -3.53. The van der Waals surface area contributed by atoms with E-state index in [2.05, 4.69) is 9.84 Å². The van der Waals surface area contributed by atoms with Crippen molar-refractivity contribution in [1.29, 1.82) is 0 Å². The predicted molar refractivity (Wildman–Crippen MR) is 48.9 cm³/mol. The maximum Gasteiger partial charge on any atom is 0.469 e. The van der Waals surface area contributed by atoms with E-state index in [0.717, 1.165) is 0 Å². The molecule has 9 nitrogen and oxygen atoms in total. The molecule has 1 heterocycles. The van der Waals surface area contributed by atoms with Crippen LogP contribution in [0.5, 0.6) is 0 Å². The smallest absolute Gasteiger partial charge is 0.389 e. The SMILES string of the molecule is O=P(O)(O)OCC1NC(O)C(O)C(O)C1O. The first-order valence-corrected chi connectivity index (χ1v) is 5.94. The number of piperidine rings is 1. The van der Waals surface area contributed by atoms with Gasteiger partial charge in [0.2, 0.25) is 0 Å². The van der Waals surface area contributed by atoms with Crippen molar-refractivity contribution in [2.24, 2.45) is 0 Å². The minimum atomic E-state index is -4.69. The molecular formula is C6H14NO8P. The van der Waals surface area contributed by atoms with Crippen molar-refractivity contribution in [2.45, 2.75) is 30.6 Å². The highest BCUT2D eigenvalue weighted by Crippen LogP contribution is 2.36. The number of hydrogen-bond donors (Lipinski definition) is 7. The van der Waals surface area contributed by atoms with E-state index in [9.17, 15) is 19.9 Å². The summed E-state index contributed by atoms with van der Waals surface area (Å²) in [7, 11) is -4.69. The van der Waals surface area contributed by atoms with Crippen molar-refractivity contribution in [3.63, 3.8) is 0 Å². The topological polar surface area (TPSA) is 160 Å². The van der Waals surface area contributed by atoms with Gasteiger partial charge in [-0.2, -0.15) is 0 Å². The molecule has 0 saturated carbocycles. The Bertz CT molecular complexity index is 282. The molecule has 0 aromatic heterocycles. The van der Waals surface area contributed by atoms with Gasteiger partial charge in [-0.05, 0) is 0 Å². The molecule has 1 rings (SSSR count). The van der Waals surface area contributed by atoms with Crippen LogP contribution in [0.2, 0.25) is 0 Å². The Morgan fingerprint density at radius 3 is 2.12 bits per heavy atom. The normalized spacial score (nSPS) is 41.0. The number of phosphoric acid groups is 1. The standard InChI is InChI=1S/C6H14NO8P/c8-3-2(1-15-16(12,13)14)7-6(11)5(10)4(3)9/h2-11H,1H2,(H2,12,13,14). The number of rotatable bonds is 3. The number of hydrogen-bond acceptors (Lipinski definition) is 7. The van der Waals surface area contributed by atoms with Gasteiger partial charge < -0.3 is 30.2 Å². The second-order valence-electron chi connectivity index (χ2n) is 3.48. The molecule has 1 fully saturated rings. The van der Waals surface area contributed by atoms with E-state index < -0.39 is 45.0 Å². The summed E-state index contributed by atoms with van der Waals surface area (Å²) < 4.78 is 14.5. The number of aliphatic hydroxyl groups is 4. The Morgan fingerprint density at radius 1 is 1.06 bits per heavy atom. The van der Waals surface area contributed by atoms with Crippen LogP contribution in [0.1, 0.15) is 0 Å². The summed E-state index contributed by atoms with van der Waals surface area (Å²) in [6.45, 7) is -0.619. The minimum Gasteiger partial charge on any atom is -0.389 e. The molecule has 5 unspecified atom stereocenters. The zero-order valence-corrected chi connectivity index (χ0v) is 8.94. The Kier molecular flexibility index (Phi) is 4.41. The van der Waals surface area contributed by atoms with E-state index in [4.69, 9.17) is 14.9 Å². The third-order valence-electron chi connectivity index (χ3n) is 2.24. The zero-order chi connectivity index (χ0) is 12.5. The van der Waals surface area contributed by atoms with Crippen LogP contribution in [-0.4, -0.2) is 67.4 Å². The zero-order valence-electron chi connectivity index (χ0n) is 8.04. The average Bonchev–Trinajstić information content (AvgIpc) is 2.17. The molecule has 1 aliphatic heterocycles. The largest absolute Gasteiger partial charge is 0.469 e. The second-order valence-corrected chi connectivity index (χ2v) is 4.72. The van der Waals surface area contributed by atoms with E-state index in [1.807, 2.05) is 0 Å². The van der Waals surface area contributed by atoms with Crippen LogP contribution in [0.3, 0.4) is 0 Å². The van der Waals surface area contributed by atoms with Crippen LogP contribution in [0.15, 0.2) is 0 Å². The first-order chi connectivity index (χ1) is 7.22. The molecule has 1 aliphatic rings. The van der Waals surface area contributed by atoms with E-state index in [1.165, 1.54) is 0 Å². The van der Waals surface area contributed by atoms with E-state index in [0.29, 0.717) is 0 Å². The summed E-state index contributed by atoms with van der Waals surface area (Å²) in [6, 6.07) is -1.10. The fraction of sp³-hybridized carbons (Fsp3) is 1.00. The van der Waals surface area contributed by atoms with Crippen LogP contribution in [0, 0.1) is 0 Å². The molecule has 1 saturated heterocycles. The molecular weight excluding hydrogens is 245 g/mol. The molecule has 5 atom stereocenters. The van der Waals surface area contributed by atoms with Gasteiger partial charge in [-0.25, -0.2) is 4.57 Å². The number of aliphatic hydroxyl groups excluding tert-OH is 4. The van der Waals surface area contributed by atoms with Gasteiger partial charge in [0.25, 0.3) is 0 Å². The molecule has 10 heteroatoms. The molecule has 0 radical (unpaired) electrons. The lowest BCUT2D eigenvalue weighted by atomic mass is 9.95. The quantitative estimate of drug-likeness (QED) is 0.255. The molecule has 0 aromatic rings. The van der Waals surface area contributed by atoms with Gasteiger partial charge in [0.15, 0.2) is 0 Å². The highest BCUT2D eigenvalue weighted by molar-refractivity contribution is 7.46. The lowest BCUT2D eigenvalue weighted by Gasteiger charge is -2.39. The van der Waals surface area contributed by atoms with Crippen LogP contribution in [-0.2, 0) is 9.09 Å². The van der Waals surface area contributed by atoms with Gasteiger partial charge in [0.05, 0.1) is 12.6 Å². The summed E-state index contributed by atoms with van der Waals surface area (Å²) in [6.07, 6.45) is -6.23. The van der Waals surface area contributed by atoms with Gasteiger partial charge in [-0.3, -0.25) is 9.84 Å². The monoisotopic (exact) mass is 259 g/mol. The third kappa shape index (κ3) is 3.45. The molecule has 0 spiro atoms. The summed E-state index contributed by atoms with van der Waals surface area (Å²) in [5.74, 6) is 0. The van der Waals surface area contributed by atoms with Crippen LogP contribution in [0.4, 0.5) is 0 Å². The molecule has 96 valence electrons. The van der Waals surface area contributed by atoms with Crippen LogP contribution in [0.25, 0.3) is 0 Å². The van der Waals surface area contributed by atoms with Crippen LogP contribution >= 0.6 is 7.82 Å². The summed E-state index contributed by atoms with van der Waals surface area (Å²) in [4.78, 5) is 16.8. The fourth-order valence-electron chi connectivity index (χ4n) is 1.37. The summed E-state index contributed by atoms with van der Waals surface area (Å²) >= 11 is 0. The maximum atomic E-state index is 10.4. The Labute approximate surface area is 90.5 Å². The maximum absolute atomic E-state index is 10.4. The highest BCUT2D eigenvalue weighted by Gasteiger charge is 2.42. The van der Waals surface area contributed by atoms with Gasteiger partial charge in [0.1, 0.15) is 24.5 Å². The van der Waals surface area contributed by atoms with E-state index in [-0.39, 0.29) is 0 Å². The van der Waals surface area contributed by atoms with Crippen molar-refractivity contribution in [3.05, 3.63) is 0 Å². The summed E-state index contributed by atoms with van der Waals surface area (Å²) in [5.41, 5.74) is 0. The van der Waals surface area contributed by atoms with E-state index >= 15 is 0 Å². The van der Waals surface area contributed by atoms with Crippen molar-refractivity contribution in [1.82, 2.24) is 5.32 Å². The fourth-order valence-corrected chi connectivity index (χ4v) is 1.72. The van der Waals surface area contributed by atoms with Gasteiger partial charge in [-0.15, -0.1) is 0 Å². The summed E-state index contributed by atoms with van der Waals surface area (Å²) in [5, 5.41) is 39.2. The third-order valence-corrected chi connectivity index (χ3v) is 2.73. The van der Waals surface area contributed by atoms with Crippen molar-refractivity contribution in [3.8, 4) is 0 Å². The van der Waals surface area contributed by atoms with Crippen molar-refractivity contribution in [2.75, 3.05) is 6.61 Å². The highest BCUT2D eigenvalue weighted by atomic mass is 31.2. The lowest BCUT2D eigenvalue weighted by molar-refractivity contribution is -0.160. The van der Waals surface area contributed by atoms with Crippen molar-refractivity contribution < 1.29 is 39.3 Å². The van der Waals surface area contributed by atoms with Gasteiger partial charge in [0, 0.05) is 0 Å². The molecule has 16 heavy (non-hydrogen) atoms. The Balaban J connectivity index is 2.57. The van der Waals surface area contributed by atoms with Gasteiger partial charge >= 0.3 is 7.82 Å². The first-order valence-electron chi connectivity index (χ1n) is 4.41. The lowest BCUT2D eigenvalue weighted by Crippen LogP contribution is -2.65. The van der Waals surface area contributed by atoms with Gasteiger partial charge in [-0.1, -0.05) is 0 Å². The molecule has 0 aliphatic carbocycles. The molecule has 0 amide bonds. The average molecular weight is 259 g/mol. The first kappa shape index (κ1) is 14.0. The molecule has 7 N–H and O–H groups in total. The molecule has 0 bridgehead atoms.